The van der Waals surface area contributed by atoms with Gasteiger partial charge in [-0.1, -0.05) is 6.92 Å². The monoisotopic (exact) mass is 211 g/mol. The summed E-state index contributed by atoms with van der Waals surface area (Å²) in [5.41, 5.74) is 1.53. The van der Waals surface area contributed by atoms with Crippen molar-refractivity contribution in [2.75, 3.05) is 20.3 Å². The molecule has 1 aliphatic rings. The van der Waals surface area contributed by atoms with Gasteiger partial charge in [-0.05, 0) is 35.9 Å². The minimum Gasteiger partial charge on any atom is -0.384 e. The van der Waals surface area contributed by atoms with Gasteiger partial charge in [0.2, 0.25) is 0 Å². The van der Waals surface area contributed by atoms with Crippen LogP contribution in [0, 0.1) is 5.92 Å². The van der Waals surface area contributed by atoms with E-state index < -0.39 is 0 Å². The van der Waals surface area contributed by atoms with Gasteiger partial charge in [-0.3, -0.25) is 0 Å². The van der Waals surface area contributed by atoms with Crippen LogP contribution in [0.15, 0.2) is 11.4 Å². The minimum absolute atomic E-state index is 0.499. The van der Waals surface area contributed by atoms with E-state index in [1.165, 1.54) is 16.9 Å². The van der Waals surface area contributed by atoms with E-state index in [4.69, 9.17) is 4.74 Å². The first kappa shape index (κ1) is 10.1. The van der Waals surface area contributed by atoms with Crippen LogP contribution in [0.25, 0.3) is 0 Å². The average Bonchev–Trinajstić information content (AvgIpc) is 2.65. The predicted molar refractivity (Wildman–Crippen MR) is 59.8 cm³/mol. The van der Waals surface area contributed by atoms with Crippen molar-refractivity contribution in [1.29, 1.82) is 0 Å². The van der Waals surface area contributed by atoms with Crippen LogP contribution in [0.5, 0.6) is 0 Å². The van der Waals surface area contributed by atoms with E-state index in [0.717, 1.165) is 13.2 Å². The second-order valence-corrected chi connectivity index (χ2v) is 4.87. The Bertz CT molecular complexity index is 297. The quantitative estimate of drug-likeness (QED) is 0.827. The topological polar surface area (TPSA) is 21.3 Å². The highest BCUT2D eigenvalue weighted by atomic mass is 32.1. The summed E-state index contributed by atoms with van der Waals surface area (Å²) >= 11 is 1.87. The molecular formula is C11H17NOS. The Morgan fingerprint density at radius 2 is 2.57 bits per heavy atom. The molecule has 0 saturated carbocycles. The summed E-state index contributed by atoms with van der Waals surface area (Å²) in [6.45, 7) is 4.17. The molecule has 1 aliphatic heterocycles. The summed E-state index contributed by atoms with van der Waals surface area (Å²) in [6, 6.07) is 2.76. The van der Waals surface area contributed by atoms with Crippen molar-refractivity contribution in [3.63, 3.8) is 0 Å². The Morgan fingerprint density at radius 1 is 1.71 bits per heavy atom. The molecule has 0 amide bonds. The van der Waals surface area contributed by atoms with Crippen molar-refractivity contribution in [2.45, 2.75) is 19.4 Å². The van der Waals surface area contributed by atoms with Gasteiger partial charge in [0, 0.05) is 18.0 Å². The van der Waals surface area contributed by atoms with E-state index >= 15 is 0 Å². The van der Waals surface area contributed by atoms with Gasteiger partial charge in [0.25, 0.3) is 0 Å². The number of methoxy groups -OCH3 is 1. The lowest BCUT2D eigenvalue weighted by atomic mass is 9.94. The smallest absolute Gasteiger partial charge is 0.0506 e. The average molecular weight is 211 g/mol. The molecule has 0 fully saturated rings. The molecular weight excluding hydrogens is 194 g/mol. The fourth-order valence-corrected chi connectivity index (χ4v) is 3.26. The largest absolute Gasteiger partial charge is 0.384 e. The Balaban J connectivity index is 2.15. The van der Waals surface area contributed by atoms with Gasteiger partial charge in [0.05, 0.1) is 6.61 Å². The highest BCUT2D eigenvalue weighted by Crippen LogP contribution is 2.32. The van der Waals surface area contributed by atoms with E-state index in [2.05, 4.69) is 23.7 Å². The number of hydrogen-bond donors (Lipinski definition) is 1. The molecule has 78 valence electrons. The van der Waals surface area contributed by atoms with E-state index in [9.17, 15) is 0 Å². The summed E-state index contributed by atoms with van der Waals surface area (Å²) in [6.07, 6.45) is 1.18. The van der Waals surface area contributed by atoms with Crippen LogP contribution < -0.4 is 5.32 Å². The molecule has 2 heterocycles. The number of fused-ring (bicyclic) bond motifs is 1. The summed E-state index contributed by atoms with van der Waals surface area (Å²) in [5.74, 6) is 0.553. The summed E-state index contributed by atoms with van der Waals surface area (Å²) in [7, 11) is 1.77. The molecule has 1 aromatic heterocycles. The number of ether oxygens (including phenoxy) is 1. The number of thiophene rings is 1. The molecule has 14 heavy (non-hydrogen) atoms. The lowest BCUT2D eigenvalue weighted by molar-refractivity contribution is 0.138. The number of rotatable bonds is 3. The SMILES string of the molecule is COCC(C)C1NCCc2ccsc21. The third-order valence-electron chi connectivity index (χ3n) is 2.82. The molecule has 0 aromatic carbocycles. The third kappa shape index (κ3) is 1.85. The highest BCUT2D eigenvalue weighted by Gasteiger charge is 2.25. The molecule has 2 unspecified atom stereocenters. The number of hydrogen-bond acceptors (Lipinski definition) is 3. The molecule has 2 rings (SSSR count). The van der Waals surface area contributed by atoms with Gasteiger partial charge < -0.3 is 10.1 Å². The van der Waals surface area contributed by atoms with Crippen LogP contribution in [-0.4, -0.2) is 20.3 Å². The first-order valence-electron chi connectivity index (χ1n) is 5.11. The Morgan fingerprint density at radius 3 is 3.36 bits per heavy atom. The molecule has 1 aromatic rings. The molecule has 0 saturated heterocycles. The Kier molecular flexibility index (Phi) is 3.21. The normalized spacial score (nSPS) is 23.1. The molecule has 0 aliphatic carbocycles. The Hall–Kier alpha value is -0.380. The first-order chi connectivity index (χ1) is 6.83. The van der Waals surface area contributed by atoms with E-state index in [1.54, 1.807) is 7.11 Å². The predicted octanol–water partition coefficient (Wildman–Crippen LogP) is 2.22. The van der Waals surface area contributed by atoms with Crippen molar-refractivity contribution in [2.24, 2.45) is 5.92 Å². The van der Waals surface area contributed by atoms with Gasteiger partial charge in [-0.25, -0.2) is 0 Å². The molecule has 0 radical (unpaired) electrons. The fraction of sp³-hybridized carbons (Fsp3) is 0.636. The zero-order chi connectivity index (χ0) is 9.97. The van der Waals surface area contributed by atoms with Crippen molar-refractivity contribution in [3.05, 3.63) is 21.9 Å². The molecule has 1 N–H and O–H groups in total. The maximum absolute atomic E-state index is 5.21. The summed E-state index contributed by atoms with van der Waals surface area (Å²) in [4.78, 5) is 1.51. The van der Waals surface area contributed by atoms with Crippen molar-refractivity contribution < 1.29 is 4.74 Å². The lowest BCUT2D eigenvalue weighted by Crippen LogP contribution is -2.34. The zero-order valence-corrected chi connectivity index (χ0v) is 9.56. The van der Waals surface area contributed by atoms with Crippen LogP contribution >= 0.6 is 11.3 Å². The molecule has 0 spiro atoms. The van der Waals surface area contributed by atoms with Gasteiger partial charge >= 0.3 is 0 Å². The van der Waals surface area contributed by atoms with Gasteiger partial charge in [-0.2, -0.15) is 0 Å². The van der Waals surface area contributed by atoms with Gasteiger partial charge in [-0.15, -0.1) is 11.3 Å². The Labute approximate surface area is 89.3 Å². The van der Waals surface area contributed by atoms with Crippen LogP contribution in [0.2, 0.25) is 0 Å². The van der Waals surface area contributed by atoms with E-state index in [1.807, 2.05) is 11.3 Å². The van der Waals surface area contributed by atoms with Crippen LogP contribution in [0.4, 0.5) is 0 Å². The van der Waals surface area contributed by atoms with Crippen molar-refractivity contribution in [3.8, 4) is 0 Å². The maximum Gasteiger partial charge on any atom is 0.0506 e. The number of nitrogens with one attached hydrogen (secondary N) is 1. The summed E-state index contributed by atoms with van der Waals surface area (Å²) < 4.78 is 5.21. The molecule has 2 atom stereocenters. The minimum atomic E-state index is 0.499. The van der Waals surface area contributed by atoms with Gasteiger partial charge in [0.1, 0.15) is 0 Å². The second kappa shape index (κ2) is 4.43. The van der Waals surface area contributed by atoms with Crippen LogP contribution in [0.1, 0.15) is 23.4 Å². The first-order valence-corrected chi connectivity index (χ1v) is 5.99. The summed E-state index contributed by atoms with van der Waals surface area (Å²) in [5, 5.41) is 5.77. The standard InChI is InChI=1S/C11H17NOS/c1-8(7-13-2)10-11-9(3-5-12-10)4-6-14-11/h4,6,8,10,12H,3,5,7H2,1-2H3. The van der Waals surface area contributed by atoms with Crippen molar-refractivity contribution in [1.82, 2.24) is 5.32 Å². The van der Waals surface area contributed by atoms with Gasteiger partial charge in [0.15, 0.2) is 0 Å². The second-order valence-electron chi connectivity index (χ2n) is 3.92. The van der Waals surface area contributed by atoms with E-state index in [-0.39, 0.29) is 0 Å². The fourth-order valence-electron chi connectivity index (χ4n) is 2.10. The lowest BCUT2D eigenvalue weighted by Gasteiger charge is -2.28. The molecule has 3 heteroatoms. The maximum atomic E-state index is 5.21. The third-order valence-corrected chi connectivity index (χ3v) is 3.86. The zero-order valence-electron chi connectivity index (χ0n) is 8.75. The highest BCUT2D eigenvalue weighted by molar-refractivity contribution is 7.10. The van der Waals surface area contributed by atoms with Crippen LogP contribution in [0.3, 0.4) is 0 Å². The molecule has 2 nitrogen and oxygen atoms in total. The van der Waals surface area contributed by atoms with E-state index in [0.29, 0.717) is 12.0 Å². The van der Waals surface area contributed by atoms with Crippen LogP contribution in [-0.2, 0) is 11.2 Å². The van der Waals surface area contributed by atoms with Crippen molar-refractivity contribution >= 4 is 11.3 Å². The molecule has 0 bridgehead atoms.